The minimum atomic E-state index is -0.0409. The third kappa shape index (κ3) is 1.93. The van der Waals surface area contributed by atoms with E-state index in [0.717, 1.165) is 43.3 Å². The molecule has 3 unspecified atom stereocenters. The van der Waals surface area contributed by atoms with Crippen molar-refractivity contribution in [3.8, 4) is 0 Å². The molecular formula is C15H26O3. The second kappa shape index (κ2) is 4.95. The van der Waals surface area contributed by atoms with Crippen LogP contribution in [0.3, 0.4) is 0 Å². The van der Waals surface area contributed by atoms with Gasteiger partial charge >= 0.3 is 0 Å². The number of aliphatic hydroxyl groups is 3. The van der Waals surface area contributed by atoms with E-state index < -0.39 is 0 Å². The smallest absolute Gasteiger partial charge is 0.0650 e. The summed E-state index contributed by atoms with van der Waals surface area (Å²) in [7, 11) is 0. The van der Waals surface area contributed by atoms with E-state index in [9.17, 15) is 15.3 Å². The summed E-state index contributed by atoms with van der Waals surface area (Å²) in [6.07, 6.45) is 5.10. The largest absolute Gasteiger partial charge is 0.396 e. The maximum atomic E-state index is 9.76. The number of fused-ring (bicyclic) bond motifs is 1. The van der Waals surface area contributed by atoms with Gasteiger partial charge < -0.3 is 15.3 Å². The fourth-order valence-electron chi connectivity index (χ4n) is 4.53. The molecular weight excluding hydrogens is 228 g/mol. The van der Waals surface area contributed by atoms with Gasteiger partial charge in [0.1, 0.15) is 0 Å². The zero-order valence-corrected chi connectivity index (χ0v) is 11.6. The highest BCUT2D eigenvalue weighted by molar-refractivity contribution is 5.29. The van der Waals surface area contributed by atoms with Crippen LogP contribution in [0, 0.1) is 16.7 Å². The normalized spacial score (nSPS) is 40.8. The molecule has 0 aliphatic heterocycles. The first-order valence-corrected chi connectivity index (χ1v) is 7.06. The van der Waals surface area contributed by atoms with E-state index in [1.54, 1.807) is 0 Å². The Bertz CT molecular complexity index is 350. The van der Waals surface area contributed by atoms with Crippen molar-refractivity contribution in [1.29, 1.82) is 0 Å². The van der Waals surface area contributed by atoms with Crippen molar-refractivity contribution in [3.63, 3.8) is 0 Å². The fourth-order valence-corrected chi connectivity index (χ4v) is 4.53. The Kier molecular flexibility index (Phi) is 3.86. The lowest BCUT2D eigenvalue weighted by molar-refractivity contribution is -0.0424. The van der Waals surface area contributed by atoms with Crippen LogP contribution in [-0.2, 0) is 0 Å². The zero-order valence-electron chi connectivity index (χ0n) is 11.6. The Hall–Kier alpha value is -0.380. The van der Waals surface area contributed by atoms with Crippen molar-refractivity contribution in [2.24, 2.45) is 16.7 Å². The van der Waals surface area contributed by atoms with Gasteiger partial charge in [-0.3, -0.25) is 0 Å². The van der Waals surface area contributed by atoms with Crippen LogP contribution in [0.15, 0.2) is 11.1 Å². The molecule has 0 aromatic rings. The van der Waals surface area contributed by atoms with Gasteiger partial charge in [0.25, 0.3) is 0 Å². The molecule has 2 aliphatic carbocycles. The van der Waals surface area contributed by atoms with Crippen LogP contribution >= 0.6 is 0 Å². The van der Waals surface area contributed by atoms with Crippen LogP contribution in [0.4, 0.5) is 0 Å². The molecule has 3 nitrogen and oxygen atoms in total. The average Bonchev–Trinajstić information content (AvgIpc) is 2.37. The van der Waals surface area contributed by atoms with Crippen molar-refractivity contribution >= 4 is 0 Å². The number of hydrogen-bond donors (Lipinski definition) is 3. The van der Waals surface area contributed by atoms with E-state index in [2.05, 4.69) is 13.8 Å². The molecule has 0 radical (unpaired) electrons. The first-order valence-electron chi connectivity index (χ1n) is 7.06. The number of rotatable bonds is 3. The van der Waals surface area contributed by atoms with Crippen LogP contribution < -0.4 is 0 Å². The quantitative estimate of drug-likeness (QED) is 0.674. The molecule has 18 heavy (non-hydrogen) atoms. The first-order chi connectivity index (χ1) is 8.51. The Balaban J connectivity index is 2.43. The second-order valence-corrected chi connectivity index (χ2v) is 6.57. The van der Waals surface area contributed by atoms with Gasteiger partial charge in [-0.15, -0.1) is 0 Å². The van der Waals surface area contributed by atoms with E-state index in [1.165, 1.54) is 0 Å². The molecule has 0 heterocycles. The molecule has 0 aromatic heterocycles. The Morgan fingerprint density at radius 1 is 1.11 bits per heavy atom. The SMILES string of the molecule is CC1(CO)CCCC2(C)C(CO)=C(CO)CCC12. The molecule has 0 saturated heterocycles. The summed E-state index contributed by atoms with van der Waals surface area (Å²) in [6, 6.07) is 0. The fraction of sp³-hybridized carbons (Fsp3) is 0.867. The lowest BCUT2D eigenvalue weighted by Crippen LogP contribution is -2.49. The highest BCUT2D eigenvalue weighted by atomic mass is 16.3. The second-order valence-electron chi connectivity index (χ2n) is 6.57. The number of hydrogen-bond acceptors (Lipinski definition) is 3. The molecule has 1 fully saturated rings. The van der Waals surface area contributed by atoms with E-state index >= 15 is 0 Å². The summed E-state index contributed by atoms with van der Waals surface area (Å²) < 4.78 is 0. The van der Waals surface area contributed by atoms with Crippen LogP contribution in [0.5, 0.6) is 0 Å². The first kappa shape index (κ1) is 14.0. The standard InChI is InChI=1S/C15H26O3/c1-14(10-18)6-3-7-15(2)12(9-17)11(8-16)4-5-13(14)15/h13,16-18H,3-10H2,1-2H3. The molecule has 3 N–H and O–H groups in total. The zero-order chi connectivity index (χ0) is 13.4. The van der Waals surface area contributed by atoms with Crippen molar-refractivity contribution in [2.45, 2.75) is 46.0 Å². The Labute approximate surface area is 110 Å². The van der Waals surface area contributed by atoms with Gasteiger partial charge in [-0.25, -0.2) is 0 Å². The summed E-state index contributed by atoms with van der Waals surface area (Å²) in [5.74, 6) is 0.418. The molecule has 1 saturated carbocycles. The number of aliphatic hydroxyl groups excluding tert-OH is 3. The molecule has 0 amide bonds. The van der Waals surface area contributed by atoms with Gasteiger partial charge in [0.2, 0.25) is 0 Å². The average molecular weight is 254 g/mol. The molecule has 0 spiro atoms. The lowest BCUT2D eigenvalue weighted by Gasteiger charge is -2.55. The third-order valence-corrected chi connectivity index (χ3v) is 5.62. The van der Waals surface area contributed by atoms with E-state index in [4.69, 9.17) is 0 Å². The van der Waals surface area contributed by atoms with Crippen molar-refractivity contribution in [2.75, 3.05) is 19.8 Å². The van der Waals surface area contributed by atoms with Crippen molar-refractivity contribution < 1.29 is 15.3 Å². The molecule has 2 rings (SSSR count). The van der Waals surface area contributed by atoms with Gasteiger partial charge in [0, 0.05) is 6.61 Å². The van der Waals surface area contributed by atoms with Gasteiger partial charge in [0.05, 0.1) is 13.2 Å². The summed E-state index contributed by atoms with van der Waals surface area (Å²) in [5.41, 5.74) is 1.99. The predicted molar refractivity (Wildman–Crippen MR) is 71.1 cm³/mol. The molecule has 3 atom stereocenters. The molecule has 104 valence electrons. The predicted octanol–water partition coefficient (Wildman–Crippen LogP) is 1.87. The monoisotopic (exact) mass is 254 g/mol. The van der Waals surface area contributed by atoms with E-state index in [1.807, 2.05) is 0 Å². The van der Waals surface area contributed by atoms with Crippen LogP contribution in [-0.4, -0.2) is 35.1 Å². The van der Waals surface area contributed by atoms with Crippen molar-refractivity contribution in [3.05, 3.63) is 11.1 Å². The van der Waals surface area contributed by atoms with Crippen LogP contribution in [0.25, 0.3) is 0 Å². The van der Waals surface area contributed by atoms with Gasteiger partial charge in [-0.05, 0) is 53.6 Å². The maximum absolute atomic E-state index is 9.76. The maximum Gasteiger partial charge on any atom is 0.0650 e. The van der Waals surface area contributed by atoms with Gasteiger partial charge in [0.15, 0.2) is 0 Å². The molecule has 0 bridgehead atoms. The summed E-state index contributed by atoms with van der Waals surface area (Å²) in [5, 5.41) is 28.9. The summed E-state index contributed by atoms with van der Waals surface area (Å²) >= 11 is 0. The lowest BCUT2D eigenvalue weighted by atomic mass is 9.50. The third-order valence-electron chi connectivity index (χ3n) is 5.62. The summed E-state index contributed by atoms with van der Waals surface area (Å²) in [4.78, 5) is 0. The minimum Gasteiger partial charge on any atom is -0.396 e. The highest BCUT2D eigenvalue weighted by Gasteiger charge is 2.51. The molecule has 3 heteroatoms. The summed E-state index contributed by atoms with van der Waals surface area (Å²) in [6.45, 7) is 4.72. The minimum absolute atomic E-state index is 0.0333. The van der Waals surface area contributed by atoms with E-state index in [-0.39, 0.29) is 30.7 Å². The van der Waals surface area contributed by atoms with Crippen molar-refractivity contribution in [1.82, 2.24) is 0 Å². The highest BCUT2D eigenvalue weighted by Crippen LogP contribution is 2.59. The Morgan fingerprint density at radius 3 is 2.39 bits per heavy atom. The topological polar surface area (TPSA) is 60.7 Å². The molecule has 0 aromatic carbocycles. The van der Waals surface area contributed by atoms with Gasteiger partial charge in [-0.1, -0.05) is 20.3 Å². The Morgan fingerprint density at radius 2 is 1.83 bits per heavy atom. The molecule has 2 aliphatic rings. The van der Waals surface area contributed by atoms with E-state index in [0.29, 0.717) is 5.92 Å². The van der Waals surface area contributed by atoms with Crippen LogP contribution in [0.1, 0.15) is 46.0 Å². The van der Waals surface area contributed by atoms with Gasteiger partial charge in [-0.2, -0.15) is 0 Å². The van der Waals surface area contributed by atoms with Crippen LogP contribution in [0.2, 0.25) is 0 Å².